The molecule has 1 N–H and O–H groups in total. The van der Waals surface area contributed by atoms with E-state index in [9.17, 15) is 13.2 Å². The molecule has 1 aromatic carbocycles. The number of halogens is 3. The fraction of sp³-hybridized carbons (Fsp3) is 0.375. The van der Waals surface area contributed by atoms with E-state index in [1.165, 1.54) is 0 Å². The molecule has 0 spiro atoms. The van der Waals surface area contributed by atoms with Crippen LogP contribution >= 0.6 is 11.3 Å². The van der Waals surface area contributed by atoms with E-state index in [0.717, 1.165) is 33.9 Å². The lowest BCUT2D eigenvalue weighted by molar-refractivity contribution is 0.486. The molecule has 0 amide bonds. The average Bonchev–Trinajstić information content (AvgIpc) is 2.71. The molecule has 0 saturated carbocycles. The van der Waals surface area contributed by atoms with Gasteiger partial charge in [-0.05, 0) is 38.4 Å². The van der Waals surface area contributed by atoms with Gasteiger partial charge < -0.3 is 5.32 Å². The van der Waals surface area contributed by atoms with Crippen molar-refractivity contribution in [3.05, 3.63) is 56.5 Å². The van der Waals surface area contributed by atoms with Crippen molar-refractivity contribution in [1.82, 2.24) is 5.32 Å². The highest BCUT2D eigenvalue weighted by molar-refractivity contribution is 7.12. The van der Waals surface area contributed by atoms with Gasteiger partial charge in [-0.2, -0.15) is 0 Å². The van der Waals surface area contributed by atoms with Crippen LogP contribution in [0.1, 0.15) is 40.3 Å². The van der Waals surface area contributed by atoms with Crippen LogP contribution in [0.3, 0.4) is 0 Å². The maximum atomic E-state index is 14.1. The minimum Gasteiger partial charge on any atom is -0.306 e. The minimum atomic E-state index is -0.902. The van der Waals surface area contributed by atoms with Gasteiger partial charge >= 0.3 is 0 Å². The van der Waals surface area contributed by atoms with Crippen molar-refractivity contribution >= 4 is 11.3 Å². The average molecular weight is 313 g/mol. The second-order valence-electron chi connectivity index (χ2n) is 5.04. The van der Waals surface area contributed by atoms with Gasteiger partial charge in [-0.3, -0.25) is 0 Å². The smallest absolute Gasteiger partial charge is 0.134 e. The largest absolute Gasteiger partial charge is 0.306 e. The third-order valence-electron chi connectivity index (χ3n) is 3.32. The fourth-order valence-corrected chi connectivity index (χ4v) is 3.39. The highest BCUT2D eigenvalue weighted by Crippen LogP contribution is 2.33. The van der Waals surface area contributed by atoms with Crippen molar-refractivity contribution in [1.29, 1.82) is 0 Å². The van der Waals surface area contributed by atoms with Gasteiger partial charge in [0.15, 0.2) is 0 Å². The second kappa shape index (κ2) is 6.62. The quantitative estimate of drug-likeness (QED) is 0.830. The first-order valence-corrected chi connectivity index (χ1v) is 7.70. The molecule has 0 saturated heterocycles. The minimum absolute atomic E-state index is 0.120. The fourth-order valence-electron chi connectivity index (χ4n) is 2.42. The van der Waals surface area contributed by atoms with Gasteiger partial charge in [0.25, 0.3) is 0 Å². The number of hydrogen-bond donors (Lipinski definition) is 1. The van der Waals surface area contributed by atoms with Crippen LogP contribution in [0.15, 0.2) is 18.2 Å². The Morgan fingerprint density at radius 3 is 2.19 bits per heavy atom. The van der Waals surface area contributed by atoms with Gasteiger partial charge in [0, 0.05) is 27.5 Å². The maximum absolute atomic E-state index is 14.1. The maximum Gasteiger partial charge on any atom is 0.134 e. The SMILES string of the molecule is CCCNC(c1cc(C)sc1C)c1c(F)cc(F)cc1F. The number of aryl methyl sites for hydroxylation is 2. The molecular weight excluding hydrogens is 295 g/mol. The summed E-state index contributed by atoms with van der Waals surface area (Å²) < 4.78 is 41.3. The Morgan fingerprint density at radius 2 is 1.71 bits per heavy atom. The zero-order valence-corrected chi connectivity index (χ0v) is 13.1. The van der Waals surface area contributed by atoms with Gasteiger partial charge in [-0.15, -0.1) is 11.3 Å². The number of benzene rings is 1. The molecule has 2 aromatic rings. The Morgan fingerprint density at radius 1 is 1.10 bits per heavy atom. The second-order valence-corrected chi connectivity index (χ2v) is 6.50. The Labute approximate surface area is 126 Å². The number of hydrogen-bond acceptors (Lipinski definition) is 2. The van der Waals surface area contributed by atoms with E-state index in [-0.39, 0.29) is 5.56 Å². The van der Waals surface area contributed by atoms with Crippen molar-refractivity contribution in [3.63, 3.8) is 0 Å². The monoisotopic (exact) mass is 313 g/mol. The lowest BCUT2D eigenvalue weighted by Gasteiger charge is -2.20. The van der Waals surface area contributed by atoms with Crippen molar-refractivity contribution in [3.8, 4) is 0 Å². The summed E-state index contributed by atoms with van der Waals surface area (Å²) >= 11 is 1.58. The van der Waals surface area contributed by atoms with Crippen LogP contribution in [0.4, 0.5) is 13.2 Å². The lowest BCUT2D eigenvalue weighted by atomic mass is 9.97. The lowest BCUT2D eigenvalue weighted by Crippen LogP contribution is -2.25. The van der Waals surface area contributed by atoms with Crippen LogP contribution in [-0.4, -0.2) is 6.54 Å². The molecule has 1 nitrogen and oxygen atoms in total. The summed E-state index contributed by atoms with van der Waals surface area (Å²) in [7, 11) is 0. The third-order valence-corrected chi connectivity index (χ3v) is 4.30. The van der Waals surface area contributed by atoms with E-state index < -0.39 is 23.5 Å². The van der Waals surface area contributed by atoms with Gasteiger partial charge in [0.2, 0.25) is 0 Å². The highest BCUT2D eigenvalue weighted by Gasteiger charge is 2.24. The van der Waals surface area contributed by atoms with Crippen LogP contribution in [-0.2, 0) is 0 Å². The van der Waals surface area contributed by atoms with E-state index in [0.29, 0.717) is 6.54 Å². The Kier molecular flexibility index (Phi) is 5.06. The molecule has 0 radical (unpaired) electrons. The summed E-state index contributed by atoms with van der Waals surface area (Å²) in [4.78, 5) is 2.08. The highest BCUT2D eigenvalue weighted by atomic mass is 32.1. The van der Waals surface area contributed by atoms with E-state index in [2.05, 4.69) is 5.32 Å². The molecule has 0 aliphatic carbocycles. The van der Waals surface area contributed by atoms with Crippen LogP contribution < -0.4 is 5.32 Å². The molecule has 1 aromatic heterocycles. The van der Waals surface area contributed by atoms with E-state index >= 15 is 0 Å². The number of thiophene rings is 1. The summed E-state index contributed by atoms with van der Waals surface area (Å²) in [5.74, 6) is -2.62. The first-order chi connectivity index (χ1) is 9.93. The van der Waals surface area contributed by atoms with Gasteiger partial charge in [-0.25, -0.2) is 13.2 Å². The van der Waals surface area contributed by atoms with Crippen LogP contribution in [0.5, 0.6) is 0 Å². The predicted octanol–water partition coefficient (Wildman–Crippen LogP) is 4.87. The Bertz CT molecular complexity index is 613. The molecule has 0 aliphatic rings. The Balaban J connectivity index is 2.53. The molecule has 2 rings (SSSR count). The van der Waals surface area contributed by atoms with Gasteiger partial charge in [-0.1, -0.05) is 6.92 Å². The molecular formula is C16H18F3NS. The summed E-state index contributed by atoms with van der Waals surface area (Å²) in [6, 6.07) is 2.78. The summed E-state index contributed by atoms with van der Waals surface area (Å²) in [6.07, 6.45) is 0.836. The summed E-state index contributed by atoms with van der Waals surface area (Å²) in [6.45, 7) is 6.48. The number of nitrogens with one attached hydrogen (secondary N) is 1. The van der Waals surface area contributed by atoms with Crippen LogP contribution in [0.25, 0.3) is 0 Å². The van der Waals surface area contributed by atoms with Crippen LogP contribution in [0.2, 0.25) is 0 Å². The van der Waals surface area contributed by atoms with E-state index in [1.807, 2.05) is 26.8 Å². The standard InChI is InChI=1S/C16H18F3NS/c1-4-5-20-16(12-6-9(2)21-10(12)3)15-13(18)7-11(17)8-14(15)19/h6-8,16,20H,4-5H2,1-3H3. The molecule has 1 unspecified atom stereocenters. The molecule has 0 fully saturated rings. The van der Waals surface area contributed by atoms with E-state index in [1.54, 1.807) is 11.3 Å². The molecule has 0 bridgehead atoms. The summed E-state index contributed by atoms with van der Waals surface area (Å²) in [5.41, 5.74) is 0.723. The van der Waals surface area contributed by atoms with Crippen molar-refractivity contribution < 1.29 is 13.2 Å². The molecule has 5 heteroatoms. The van der Waals surface area contributed by atoms with Crippen molar-refractivity contribution in [2.75, 3.05) is 6.54 Å². The molecule has 114 valence electrons. The van der Waals surface area contributed by atoms with E-state index in [4.69, 9.17) is 0 Å². The van der Waals surface area contributed by atoms with Gasteiger partial charge in [0.05, 0.1) is 6.04 Å². The Hall–Kier alpha value is -1.33. The first kappa shape index (κ1) is 16.0. The first-order valence-electron chi connectivity index (χ1n) is 6.88. The predicted molar refractivity (Wildman–Crippen MR) is 80.2 cm³/mol. The van der Waals surface area contributed by atoms with Gasteiger partial charge in [0.1, 0.15) is 17.5 Å². The topological polar surface area (TPSA) is 12.0 Å². The molecule has 1 heterocycles. The zero-order valence-electron chi connectivity index (χ0n) is 12.3. The zero-order chi connectivity index (χ0) is 15.6. The normalized spacial score (nSPS) is 12.7. The molecule has 21 heavy (non-hydrogen) atoms. The number of rotatable bonds is 5. The summed E-state index contributed by atoms with van der Waals surface area (Å²) in [5, 5.41) is 3.16. The molecule has 1 atom stereocenters. The van der Waals surface area contributed by atoms with Crippen molar-refractivity contribution in [2.24, 2.45) is 0 Å². The molecule has 0 aliphatic heterocycles. The van der Waals surface area contributed by atoms with Crippen molar-refractivity contribution in [2.45, 2.75) is 33.2 Å². The third kappa shape index (κ3) is 3.47. The van der Waals surface area contributed by atoms with Crippen LogP contribution in [0, 0.1) is 31.3 Å².